The van der Waals surface area contributed by atoms with Gasteiger partial charge in [0, 0.05) is 44.1 Å². The van der Waals surface area contributed by atoms with Gasteiger partial charge in [0.2, 0.25) is 0 Å². The Morgan fingerprint density at radius 2 is 1.96 bits per heavy atom. The molecule has 25 heavy (non-hydrogen) atoms. The molecule has 1 aliphatic rings. The molecule has 1 fully saturated rings. The summed E-state index contributed by atoms with van der Waals surface area (Å²) in [7, 11) is 0. The number of halogens is 1. The van der Waals surface area contributed by atoms with E-state index in [9.17, 15) is 9.18 Å². The number of anilines is 1. The van der Waals surface area contributed by atoms with Crippen molar-refractivity contribution in [1.29, 1.82) is 0 Å². The van der Waals surface area contributed by atoms with Gasteiger partial charge in [0.05, 0.1) is 6.20 Å². The summed E-state index contributed by atoms with van der Waals surface area (Å²) in [6, 6.07) is 6.49. The van der Waals surface area contributed by atoms with Gasteiger partial charge in [0.1, 0.15) is 5.82 Å². The highest BCUT2D eigenvalue weighted by atomic mass is 19.1. The maximum atomic E-state index is 13.0. The number of H-pyrrole nitrogens is 1. The molecule has 3 rings (SSSR count). The molecule has 2 heterocycles. The second-order valence-corrected chi connectivity index (χ2v) is 6.31. The van der Waals surface area contributed by atoms with Crippen molar-refractivity contribution in [2.75, 3.05) is 37.6 Å². The normalized spacial score (nSPS) is 14.6. The molecule has 0 bridgehead atoms. The first-order valence-corrected chi connectivity index (χ1v) is 8.65. The molecule has 7 heteroatoms. The summed E-state index contributed by atoms with van der Waals surface area (Å²) in [6.07, 6.45) is 3.63. The molecule has 1 aromatic heterocycles. The number of carbonyl (C=O) groups excluding carboxylic acids is 1. The third-order valence-electron chi connectivity index (χ3n) is 4.59. The predicted octanol–water partition coefficient (Wildman–Crippen LogP) is 2.32. The minimum absolute atomic E-state index is 0.0114. The number of aromatic nitrogens is 2. The molecule has 0 aliphatic carbocycles. The molecular formula is C18H24FN5O. The fourth-order valence-corrected chi connectivity index (χ4v) is 3.03. The second kappa shape index (κ2) is 8.00. The summed E-state index contributed by atoms with van der Waals surface area (Å²) < 4.78 is 13.0. The van der Waals surface area contributed by atoms with E-state index in [1.807, 2.05) is 18.0 Å². The highest BCUT2D eigenvalue weighted by molar-refractivity contribution is 5.74. The van der Waals surface area contributed by atoms with Crippen LogP contribution in [0.4, 0.5) is 14.9 Å². The Morgan fingerprint density at radius 1 is 1.24 bits per heavy atom. The van der Waals surface area contributed by atoms with E-state index in [0.29, 0.717) is 19.6 Å². The summed E-state index contributed by atoms with van der Waals surface area (Å²) in [5.41, 5.74) is 3.28. The molecule has 0 radical (unpaired) electrons. The number of rotatable bonds is 5. The van der Waals surface area contributed by atoms with E-state index in [-0.39, 0.29) is 11.8 Å². The molecule has 2 amide bonds. The monoisotopic (exact) mass is 345 g/mol. The van der Waals surface area contributed by atoms with Crippen LogP contribution in [0, 0.1) is 12.7 Å². The fourth-order valence-electron chi connectivity index (χ4n) is 3.03. The SMILES string of the molecule is Cc1[nH]ncc1CCCNC(=O)N1CCN(c2ccc(F)cc2)CC1. The Labute approximate surface area is 147 Å². The van der Waals surface area contributed by atoms with Gasteiger partial charge >= 0.3 is 6.03 Å². The van der Waals surface area contributed by atoms with Gasteiger partial charge in [0.25, 0.3) is 0 Å². The van der Waals surface area contributed by atoms with Crippen LogP contribution in [-0.2, 0) is 6.42 Å². The van der Waals surface area contributed by atoms with E-state index in [1.165, 1.54) is 17.7 Å². The zero-order chi connectivity index (χ0) is 17.6. The van der Waals surface area contributed by atoms with Crippen molar-refractivity contribution in [2.45, 2.75) is 19.8 Å². The van der Waals surface area contributed by atoms with E-state index in [2.05, 4.69) is 20.4 Å². The Balaban J connectivity index is 1.38. The fraction of sp³-hybridized carbons (Fsp3) is 0.444. The van der Waals surface area contributed by atoms with E-state index in [0.717, 1.165) is 37.3 Å². The molecule has 2 N–H and O–H groups in total. The van der Waals surface area contributed by atoms with Gasteiger partial charge in [-0.25, -0.2) is 9.18 Å². The molecule has 1 saturated heterocycles. The van der Waals surface area contributed by atoms with Crippen molar-refractivity contribution in [3.63, 3.8) is 0 Å². The largest absolute Gasteiger partial charge is 0.368 e. The quantitative estimate of drug-likeness (QED) is 0.818. The number of aromatic amines is 1. The summed E-state index contributed by atoms with van der Waals surface area (Å²) >= 11 is 0. The number of aryl methyl sites for hydroxylation is 2. The van der Waals surface area contributed by atoms with Crippen LogP contribution < -0.4 is 10.2 Å². The summed E-state index contributed by atoms with van der Waals surface area (Å²) in [4.78, 5) is 16.3. The molecule has 1 aromatic carbocycles. The van der Waals surface area contributed by atoms with Crippen LogP contribution >= 0.6 is 0 Å². The van der Waals surface area contributed by atoms with Gasteiger partial charge in [0.15, 0.2) is 0 Å². The summed E-state index contributed by atoms with van der Waals surface area (Å²) in [5.74, 6) is -0.229. The van der Waals surface area contributed by atoms with E-state index in [4.69, 9.17) is 0 Å². The zero-order valence-corrected chi connectivity index (χ0v) is 14.5. The first-order valence-electron chi connectivity index (χ1n) is 8.65. The number of nitrogens with zero attached hydrogens (tertiary/aromatic N) is 3. The van der Waals surface area contributed by atoms with Crippen LogP contribution in [0.5, 0.6) is 0 Å². The lowest BCUT2D eigenvalue weighted by Gasteiger charge is -2.36. The van der Waals surface area contributed by atoms with Crippen molar-refractivity contribution in [2.24, 2.45) is 0 Å². The van der Waals surface area contributed by atoms with Crippen LogP contribution in [0.1, 0.15) is 17.7 Å². The maximum absolute atomic E-state index is 13.0. The lowest BCUT2D eigenvalue weighted by atomic mass is 10.1. The molecule has 0 unspecified atom stereocenters. The van der Waals surface area contributed by atoms with Crippen LogP contribution in [0.2, 0.25) is 0 Å². The number of nitrogens with one attached hydrogen (secondary N) is 2. The smallest absolute Gasteiger partial charge is 0.317 e. The minimum Gasteiger partial charge on any atom is -0.368 e. The molecule has 2 aromatic rings. The van der Waals surface area contributed by atoms with Crippen molar-refractivity contribution < 1.29 is 9.18 Å². The van der Waals surface area contributed by atoms with Crippen molar-refractivity contribution in [1.82, 2.24) is 20.4 Å². The molecule has 0 saturated carbocycles. The number of urea groups is 1. The van der Waals surface area contributed by atoms with Crippen LogP contribution in [0.15, 0.2) is 30.5 Å². The first-order chi connectivity index (χ1) is 12.1. The number of hydrogen-bond donors (Lipinski definition) is 2. The molecule has 1 aliphatic heterocycles. The topological polar surface area (TPSA) is 64.3 Å². The molecule has 6 nitrogen and oxygen atoms in total. The van der Waals surface area contributed by atoms with Crippen LogP contribution in [0.3, 0.4) is 0 Å². The Hall–Kier alpha value is -2.57. The Bertz CT molecular complexity index is 692. The lowest BCUT2D eigenvalue weighted by molar-refractivity contribution is 0.194. The lowest BCUT2D eigenvalue weighted by Crippen LogP contribution is -2.52. The molecular weight excluding hydrogens is 321 g/mol. The van der Waals surface area contributed by atoms with Gasteiger partial charge in [-0.2, -0.15) is 5.10 Å². The van der Waals surface area contributed by atoms with Crippen molar-refractivity contribution >= 4 is 11.7 Å². The molecule has 134 valence electrons. The number of carbonyl (C=O) groups is 1. The third kappa shape index (κ3) is 4.49. The average molecular weight is 345 g/mol. The van der Waals surface area contributed by atoms with Crippen LogP contribution in [-0.4, -0.2) is 53.9 Å². The first kappa shape index (κ1) is 17.3. The van der Waals surface area contributed by atoms with Gasteiger partial charge < -0.3 is 15.1 Å². The van der Waals surface area contributed by atoms with Crippen molar-refractivity contribution in [3.05, 3.63) is 47.5 Å². The van der Waals surface area contributed by atoms with Crippen LogP contribution in [0.25, 0.3) is 0 Å². The number of benzene rings is 1. The summed E-state index contributed by atoms with van der Waals surface area (Å²) in [5, 5.41) is 9.90. The molecule has 0 atom stereocenters. The average Bonchev–Trinajstić information content (AvgIpc) is 3.04. The number of hydrogen-bond acceptors (Lipinski definition) is 3. The summed E-state index contributed by atoms with van der Waals surface area (Å²) in [6.45, 7) is 5.51. The van der Waals surface area contributed by atoms with E-state index >= 15 is 0 Å². The molecule has 0 spiro atoms. The Morgan fingerprint density at radius 3 is 2.60 bits per heavy atom. The highest BCUT2D eigenvalue weighted by Gasteiger charge is 2.20. The zero-order valence-electron chi connectivity index (χ0n) is 14.5. The maximum Gasteiger partial charge on any atom is 0.317 e. The van der Waals surface area contributed by atoms with Gasteiger partial charge in [-0.15, -0.1) is 0 Å². The van der Waals surface area contributed by atoms with Gasteiger partial charge in [-0.3, -0.25) is 5.10 Å². The van der Waals surface area contributed by atoms with E-state index < -0.39 is 0 Å². The number of piperazine rings is 1. The number of amides is 2. The second-order valence-electron chi connectivity index (χ2n) is 6.31. The third-order valence-corrected chi connectivity index (χ3v) is 4.59. The van der Waals surface area contributed by atoms with Gasteiger partial charge in [-0.1, -0.05) is 0 Å². The standard InChI is InChI=1S/C18H24FN5O/c1-14-15(13-21-22-14)3-2-8-20-18(25)24-11-9-23(10-12-24)17-6-4-16(19)5-7-17/h4-7,13H,2-3,8-12H2,1H3,(H,20,25)(H,21,22). The minimum atomic E-state index is -0.229. The van der Waals surface area contributed by atoms with Gasteiger partial charge in [-0.05, 0) is 49.6 Å². The predicted molar refractivity (Wildman–Crippen MR) is 95.2 cm³/mol. The Kier molecular flexibility index (Phi) is 5.53. The highest BCUT2D eigenvalue weighted by Crippen LogP contribution is 2.16. The van der Waals surface area contributed by atoms with Crippen molar-refractivity contribution in [3.8, 4) is 0 Å². The van der Waals surface area contributed by atoms with E-state index in [1.54, 1.807) is 12.1 Å².